The number of aryl methyl sites for hydroxylation is 1. The molecule has 0 aliphatic heterocycles. The van der Waals surface area contributed by atoms with Gasteiger partial charge in [-0.05, 0) is 38.0 Å². The van der Waals surface area contributed by atoms with Gasteiger partial charge in [0.1, 0.15) is 17.4 Å². The highest BCUT2D eigenvalue weighted by Gasteiger charge is 2.34. The van der Waals surface area contributed by atoms with Gasteiger partial charge in [0.2, 0.25) is 0 Å². The molecule has 0 bridgehead atoms. The molecule has 2 aromatic carbocycles. The van der Waals surface area contributed by atoms with E-state index in [2.05, 4.69) is 0 Å². The molecule has 1 saturated carbocycles. The fraction of sp³-hybridized carbons (Fsp3) is 0.278. The minimum Gasteiger partial charge on any atom is -0.507 e. The van der Waals surface area contributed by atoms with Crippen molar-refractivity contribution in [3.63, 3.8) is 0 Å². The number of carbonyl (C=O) groups is 1. The van der Waals surface area contributed by atoms with E-state index in [1.54, 1.807) is 17.0 Å². The molecule has 1 amide bonds. The summed E-state index contributed by atoms with van der Waals surface area (Å²) in [7, 11) is 0. The summed E-state index contributed by atoms with van der Waals surface area (Å²) in [6.45, 7) is 1.89. The Morgan fingerprint density at radius 2 is 1.96 bits per heavy atom. The second-order valence-electron chi connectivity index (χ2n) is 5.92. The number of nitrogens with zero attached hydrogens (tertiary/aromatic N) is 1. The van der Waals surface area contributed by atoms with Crippen molar-refractivity contribution < 1.29 is 18.7 Å². The lowest BCUT2D eigenvalue weighted by molar-refractivity contribution is 0.0725. The number of phenolic OH excluding ortho intramolecular Hbond substituents is 1. The molecule has 0 saturated heterocycles. The van der Waals surface area contributed by atoms with E-state index in [-0.39, 0.29) is 35.4 Å². The van der Waals surface area contributed by atoms with Gasteiger partial charge in [-0.1, -0.05) is 17.7 Å². The highest BCUT2D eigenvalue weighted by atomic mass is 19.1. The molecule has 0 spiro atoms. The molecule has 0 aromatic heterocycles. The zero-order valence-corrected chi connectivity index (χ0v) is 12.7. The number of amides is 1. The van der Waals surface area contributed by atoms with Crippen LogP contribution in [0.5, 0.6) is 5.75 Å². The van der Waals surface area contributed by atoms with E-state index in [9.17, 15) is 18.7 Å². The van der Waals surface area contributed by atoms with Crippen LogP contribution in [0, 0.1) is 18.6 Å². The highest BCUT2D eigenvalue weighted by Crippen LogP contribution is 2.32. The van der Waals surface area contributed by atoms with Gasteiger partial charge in [0.25, 0.3) is 5.91 Å². The summed E-state index contributed by atoms with van der Waals surface area (Å²) in [6, 6.07) is 8.19. The summed E-state index contributed by atoms with van der Waals surface area (Å²) in [5.41, 5.74) is 1.33. The average Bonchev–Trinajstić information content (AvgIpc) is 3.33. The van der Waals surface area contributed by atoms with Gasteiger partial charge >= 0.3 is 0 Å². The number of aromatic hydroxyl groups is 1. The Morgan fingerprint density at radius 3 is 2.61 bits per heavy atom. The van der Waals surface area contributed by atoms with E-state index >= 15 is 0 Å². The Kier molecular flexibility index (Phi) is 4.03. The first-order valence-corrected chi connectivity index (χ1v) is 7.50. The number of phenols is 1. The Bertz CT molecular complexity index is 757. The van der Waals surface area contributed by atoms with Crippen molar-refractivity contribution in [2.45, 2.75) is 32.4 Å². The molecule has 0 radical (unpaired) electrons. The topological polar surface area (TPSA) is 40.5 Å². The van der Waals surface area contributed by atoms with Crippen molar-refractivity contribution >= 4 is 5.91 Å². The zero-order valence-electron chi connectivity index (χ0n) is 12.7. The first-order chi connectivity index (χ1) is 11.0. The quantitative estimate of drug-likeness (QED) is 0.932. The normalized spacial score (nSPS) is 13.9. The number of hydrogen-bond acceptors (Lipinski definition) is 2. The lowest BCUT2D eigenvalue weighted by atomic mass is 10.1. The molecule has 1 fully saturated rings. The third kappa shape index (κ3) is 3.33. The largest absolute Gasteiger partial charge is 0.507 e. The van der Waals surface area contributed by atoms with E-state index in [0.717, 1.165) is 24.5 Å². The van der Waals surface area contributed by atoms with Crippen molar-refractivity contribution in [3.05, 3.63) is 64.7 Å². The molecule has 0 heterocycles. The average molecular weight is 317 g/mol. The number of halogens is 2. The van der Waals surface area contributed by atoms with Gasteiger partial charge in [-0.25, -0.2) is 8.78 Å². The van der Waals surface area contributed by atoms with Crippen molar-refractivity contribution in [3.8, 4) is 5.75 Å². The molecule has 0 unspecified atom stereocenters. The molecular formula is C18H17F2NO2. The van der Waals surface area contributed by atoms with Gasteiger partial charge in [-0.15, -0.1) is 0 Å². The monoisotopic (exact) mass is 317 g/mol. The lowest BCUT2D eigenvalue weighted by Crippen LogP contribution is -2.33. The molecule has 1 aliphatic rings. The fourth-order valence-electron chi connectivity index (χ4n) is 2.56. The van der Waals surface area contributed by atoms with Crippen molar-refractivity contribution in [1.29, 1.82) is 0 Å². The summed E-state index contributed by atoms with van der Waals surface area (Å²) < 4.78 is 26.9. The summed E-state index contributed by atoms with van der Waals surface area (Å²) in [6.07, 6.45) is 1.70. The van der Waals surface area contributed by atoms with Crippen molar-refractivity contribution in [2.75, 3.05) is 0 Å². The molecule has 3 rings (SSSR count). The lowest BCUT2D eigenvalue weighted by Gasteiger charge is -2.23. The molecule has 2 aromatic rings. The van der Waals surface area contributed by atoms with Gasteiger partial charge in [-0.3, -0.25) is 4.79 Å². The smallest absolute Gasteiger partial charge is 0.258 e. The van der Waals surface area contributed by atoms with Crippen molar-refractivity contribution in [1.82, 2.24) is 4.90 Å². The van der Waals surface area contributed by atoms with Crippen LogP contribution in [0.25, 0.3) is 0 Å². The van der Waals surface area contributed by atoms with Crippen LogP contribution in [0.4, 0.5) is 8.78 Å². The summed E-state index contributed by atoms with van der Waals surface area (Å²) in [5.74, 6) is -1.74. The molecule has 3 nitrogen and oxygen atoms in total. The van der Waals surface area contributed by atoms with Gasteiger partial charge in [0.05, 0.1) is 5.56 Å². The second kappa shape index (κ2) is 5.99. The van der Waals surface area contributed by atoms with Gasteiger partial charge in [0, 0.05) is 24.2 Å². The molecule has 5 heteroatoms. The first kappa shape index (κ1) is 15.5. The summed E-state index contributed by atoms with van der Waals surface area (Å²) >= 11 is 0. The summed E-state index contributed by atoms with van der Waals surface area (Å²) in [4.78, 5) is 14.3. The van der Waals surface area contributed by atoms with Crippen LogP contribution >= 0.6 is 0 Å². The maximum atomic E-state index is 13.9. The maximum Gasteiger partial charge on any atom is 0.258 e. The fourth-order valence-corrected chi connectivity index (χ4v) is 2.56. The first-order valence-electron chi connectivity index (χ1n) is 7.50. The predicted octanol–water partition coefficient (Wildman–Crippen LogP) is 3.78. The Balaban J connectivity index is 1.89. The molecule has 120 valence electrons. The Hall–Kier alpha value is -2.43. The van der Waals surface area contributed by atoms with Crippen LogP contribution in [0.1, 0.15) is 34.3 Å². The van der Waals surface area contributed by atoms with E-state index in [1.807, 2.05) is 6.92 Å². The molecule has 23 heavy (non-hydrogen) atoms. The number of carbonyl (C=O) groups excluding carboxylic acids is 1. The van der Waals surface area contributed by atoms with Crippen LogP contribution in [0.2, 0.25) is 0 Å². The Morgan fingerprint density at radius 1 is 1.22 bits per heavy atom. The highest BCUT2D eigenvalue weighted by molar-refractivity contribution is 5.97. The van der Waals surface area contributed by atoms with Crippen LogP contribution in [-0.4, -0.2) is 22.0 Å². The van der Waals surface area contributed by atoms with Crippen LogP contribution in [0.15, 0.2) is 36.4 Å². The zero-order chi connectivity index (χ0) is 16.6. The molecule has 1 aliphatic carbocycles. The Labute approximate surface area is 133 Å². The standard InChI is InChI=1S/C18H17F2NO2/c1-11-2-7-17(22)15(8-11)18(23)21(14-5-6-14)10-12-3-4-13(19)9-16(12)20/h2-4,7-9,14,22H,5-6,10H2,1H3. The maximum absolute atomic E-state index is 13.9. The van der Waals surface area contributed by atoms with Crippen LogP contribution in [0.3, 0.4) is 0 Å². The van der Waals surface area contributed by atoms with Crippen molar-refractivity contribution in [2.24, 2.45) is 0 Å². The number of rotatable bonds is 4. The van der Waals surface area contributed by atoms with Gasteiger partial charge in [-0.2, -0.15) is 0 Å². The second-order valence-corrected chi connectivity index (χ2v) is 5.92. The van der Waals surface area contributed by atoms with Gasteiger partial charge < -0.3 is 10.0 Å². The minimum atomic E-state index is -0.670. The number of hydrogen-bond donors (Lipinski definition) is 1. The van der Waals surface area contributed by atoms with E-state index in [0.29, 0.717) is 0 Å². The van der Waals surface area contributed by atoms with E-state index < -0.39 is 11.6 Å². The third-order valence-corrected chi connectivity index (χ3v) is 3.99. The van der Waals surface area contributed by atoms with Crippen LogP contribution in [-0.2, 0) is 6.54 Å². The third-order valence-electron chi connectivity index (χ3n) is 3.99. The molecule has 1 N–H and O–H groups in total. The SMILES string of the molecule is Cc1ccc(O)c(C(=O)N(Cc2ccc(F)cc2F)C2CC2)c1. The van der Waals surface area contributed by atoms with E-state index in [4.69, 9.17) is 0 Å². The molecular weight excluding hydrogens is 300 g/mol. The van der Waals surface area contributed by atoms with Crippen LogP contribution < -0.4 is 0 Å². The predicted molar refractivity (Wildman–Crippen MR) is 82.1 cm³/mol. The van der Waals surface area contributed by atoms with E-state index in [1.165, 1.54) is 18.2 Å². The van der Waals surface area contributed by atoms with Gasteiger partial charge in [0.15, 0.2) is 0 Å². The number of benzene rings is 2. The molecule has 0 atom stereocenters. The minimum absolute atomic E-state index is 0.0341. The summed E-state index contributed by atoms with van der Waals surface area (Å²) in [5, 5.41) is 9.94.